The highest BCUT2D eigenvalue weighted by atomic mass is 79.9. The van der Waals surface area contributed by atoms with Gasteiger partial charge in [0.1, 0.15) is 0 Å². The van der Waals surface area contributed by atoms with Gasteiger partial charge in [0.2, 0.25) is 0 Å². The minimum atomic E-state index is 0.443. The third kappa shape index (κ3) is 3.23. The second kappa shape index (κ2) is 6.19. The monoisotopic (exact) mass is 302 g/mol. The molecule has 0 aliphatic carbocycles. The van der Waals surface area contributed by atoms with Crippen LogP contribution in [-0.4, -0.2) is 0 Å². The van der Waals surface area contributed by atoms with Crippen LogP contribution in [-0.2, 0) is 6.42 Å². The Morgan fingerprint density at radius 2 is 1.67 bits per heavy atom. The molecule has 0 aliphatic rings. The van der Waals surface area contributed by atoms with Crippen LogP contribution in [0.25, 0.3) is 0 Å². The van der Waals surface area contributed by atoms with Crippen molar-refractivity contribution in [1.82, 2.24) is 0 Å². The molecule has 1 atom stereocenters. The Kier molecular flexibility index (Phi) is 4.60. The fourth-order valence-corrected chi connectivity index (χ4v) is 2.73. The number of alkyl halides is 1. The average Bonchev–Trinajstić information content (AvgIpc) is 2.41. The summed E-state index contributed by atoms with van der Waals surface area (Å²) in [4.78, 5) is 0.443. The van der Waals surface area contributed by atoms with E-state index in [1.165, 1.54) is 22.3 Å². The van der Waals surface area contributed by atoms with Crippen LogP contribution in [0.15, 0.2) is 48.5 Å². The first-order valence-corrected chi connectivity index (χ1v) is 7.34. The Labute approximate surface area is 118 Å². The molecule has 0 N–H and O–H groups in total. The maximum atomic E-state index is 3.79. The third-order valence-corrected chi connectivity index (χ3v) is 4.53. The molecular weight excluding hydrogens is 284 g/mol. The lowest BCUT2D eigenvalue weighted by Crippen LogP contribution is -1.96. The summed E-state index contributed by atoms with van der Waals surface area (Å²) in [6.07, 6.45) is 2.26. The van der Waals surface area contributed by atoms with E-state index in [1.807, 2.05) is 0 Å². The van der Waals surface area contributed by atoms with Gasteiger partial charge in [-0.1, -0.05) is 64.5 Å². The van der Waals surface area contributed by atoms with Crippen molar-refractivity contribution in [3.05, 3.63) is 70.8 Å². The summed E-state index contributed by atoms with van der Waals surface area (Å²) in [6, 6.07) is 17.2. The van der Waals surface area contributed by atoms with Crippen LogP contribution in [0, 0.1) is 13.8 Å². The van der Waals surface area contributed by atoms with Crippen LogP contribution in [0.2, 0.25) is 0 Å². The molecule has 2 aromatic rings. The molecule has 1 unspecified atom stereocenters. The molecule has 2 rings (SSSR count). The topological polar surface area (TPSA) is 0 Å². The number of rotatable bonds is 4. The van der Waals surface area contributed by atoms with Crippen LogP contribution in [0.3, 0.4) is 0 Å². The van der Waals surface area contributed by atoms with Crippen LogP contribution in [0.1, 0.15) is 33.5 Å². The number of hydrogen-bond donors (Lipinski definition) is 0. The first kappa shape index (κ1) is 13.4. The zero-order valence-electron chi connectivity index (χ0n) is 11.0. The van der Waals surface area contributed by atoms with E-state index in [2.05, 4.69) is 78.3 Å². The van der Waals surface area contributed by atoms with E-state index in [9.17, 15) is 0 Å². The van der Waals surface area contributed by atoms with Gasteiger partial charge >= 0.3 is 0 Å². The standard InChI is InChI=1S/C17H19Br/c1-13-7-6-10-15(14(13)2)11-12-17(18)16-8-4-3-5-9-16/h3-10,17H,11-12H2,1-2H3. The summed E-state index contributed by atoms with van der Waals surface area (Å²) in [5.41, 5.74) is 5.65. The van der Waals surface area contributed by atoms with Gasteiger partial charge < -0.3 is 0 Å². The molecular formula is C17H19Br. The van der Waals surface area contributed by atoms with Gasteiger partial charge in [-0.2, -0.15) is 0 Å². The Hall–Kier alpha value is -1.08. The molecule has 0 bridgehead atoms. The quantitative estimate of drug-likeness (QED) is 0.666. The highest BCUT2D eigenvalue weighted by Gasteiger charge is 2.08. The van der Waals surface area contributed by atoms with Crippen LogP contribution in [0.5, 0.6) is 0 Å². The van der Waals surface area contributed by atoms with Crippen molar-refractivity contribution in [1.29, 1.82) is 0 Å². The van der Waals surface area contributed by atoms with Crippen molar-refractivity contribution in [3.63, 3.8) is 0 Å². The Balaban J connectivity index is 2.02. The van der Waals surface area contributed by atoms with Gasteiger partial charge in [-0.3, -0.25) is 0 Å². The maximum Gasteiger partial charge on any atom is 0.0398 e. The zero-order valence-corrected chi connectivity index (χ0v) is 12.6. The molecule has 0 nitrogen and oxygen atoms in total. The van der Waals surface area contributed by atoms with E-state index in [0.29, 0.717) is 4.83 Å². The zero-order chi connectivity index (χ0) is 13.0. The lowest BCUT2D eigenvalue weighted by Gasteiger charge is -2.12. The highest BCUT2D eigenvalue weighted by Crippen LogP contribution is 2.28. The Bertz CT molecular complexity index is 502. The summed E-state index contributed by atoms with van der Waals surface area (Å²) in [7, 11) is 0. The Morgan fingerprint density at radius 3 is 2.39 bits per heavy atom. The highest BCUT2D eigenvalue weighted by molar-refractivity contribution is 9.09. The van der Waals surface area contributed by atoms with Gasteiger partial charge in [-0.05, 0) is 48.9 Å². The van der Waals surface area contributed by atoms with Gasteiger partial charge in [0.05, 0.1) is 0 Å². The number of aryl methyl sites for hydroxylation is 2. The summed E-state index contributed by atoms with van der Waals surface area (Å²) in [5, 5.41) is 0. The first-order chi connectivity index (χ1) is 8.68. The van der Waals surface area contributed by atoms with E-state index in [0.717, 1.165) is 12.8 Å². The van der Waals surface area contributed by atoms with Crippen molar-refractivity contribution < 1.29 is 0 Å². The first-order valence-electron chi connectivity index (χ1n) is 6.42. The van der Waals surface area contributed by atoms with Crippen molar-refractivity contribution in [3.8, 4) is 0 Å². The third-order valence-electron chi connectivity index (χ3n) is 3.55. The molecule has 0 aromatic heterocycles. The number of benzene rings is 2. The Morgan fingerprint density at radius 1 is 0.944 bits per heavy atom. The van der Waals surface area contributed by atoms with Gasteiger partial charge in [0.25, 0.3) is 0 Å². The predicted molar refractivity (Wildman–Crippen MR) is 82.3 cm³/mol. The number of hydrogen-bond acceptors (Lipinski definition) is 0. The van der Waals surface area contributed by atoms with E-state index < -0.39 is 0 Å². The molecule has 0 fully saturated rings. The van der Waals surface area contributed by atoms with Crippen molar-refractivity contribution in [2.75, 3.05) is 0 Å². The van der Waals surface area contributed by atoms with Crippen LogP contribution in [0.4, 0.5) is 0 Å². The molecule has 0 heterocycles. The van der Waals surface area contributed by atoms with Crippen molar-refractivity contribution in [2.24, 2.45) is 0 Å². The minimum absolute atomic E-state index is 0.443. The van der Waals surface area contributed by atoms with Gasteiger partial charge in [0, 0.05) is 4.83 Å². The van der Waals surface area contributed by atoms with Crippen LogP contribution >= 0.6 is 15.9 Å². The lowest BCUT2D eigenvalue weighted by molar-refractivity contribution is 0.808. The molecule has 18 heavy (non-hydrogen) atoms. The molecule has 94 valence electrons. The number of halogens is 1. The van der Waals surface area contributed by atoms with Crippen LogP contribution < -0.4 is 0 Å². The lowest BCUT2D eigenvalue weighted by atomic mass is 9.98. The SMILES string of the molecule is Cc1cccc(CCC(Br)c2ccccc2)c1C. The van der Waals surface area contributed by atoms with E-state index in [-0.39, 0.29) is 0 Å². The molecule has 0 saturated carbocycles. The van der Waals surface area contributed by atoms with Gasteiger partial charge in [-0.25, -0.2) is 0 Å². The molecule has 0 aliphatic heterocycles. The molecule has 2 aromatic carbocycles. The minimum Gasteiger partial charge on any atom is -0.0839 e. The smallest absolute Gasteiger partial charge is 0.0398 e. The van der Waals surface area contributed by atoms with E-state index in [1.54, 1.807) is 0 Å². The second-order valence-corrected chi connectivity index (χ2v) is 5.88. The van der Waals surface area contributed by atoms with Gasteiger partial charge in [-0.15, -0.1) is 0 Å². The fourth-order valence-electron chi connectivity index (χ4n) is 2.19. The maximum absolute atomic E-state index is 3.79. The normalized spacial score (nSPS) is 12.4. The summed E-state index contributed by atoms with van der Waals surface area (Å²) >= 11 is 3.79. The predicted octanol–water partition coefficient (Wildman–Crippen LogP) is 5.37. The fraction of sp³-hybridized carbons (Fsp3) is 0.294. The molecule has 0 radical (unpaired) electrons. The molecule has 0 amide bonds. The van der Waals surface area contributed by atoms with Gasteiger partial charge in [0.15, 0.2) is 0 Å². The van der Waals surface area contributed by atoms with E-state index in [4.69, 9.17) is 0 Å². The second-order valence-electron chi connectivity index (χ2n) is 4.78. The summed E-state index contributed by atoms with van der Waals surface area (Å²) in [6.45, 7) is 4.40. The largest absolute Gasteiger partial charge is 0.0839 e. The molecule has 0 saturated heterocycles. The summed E-state index contributed by atoms with van der Waals surface area (Å²) < 4.78 is 0. The van der Waals surface area contributed by atoms with E-state index >= 15 is 0 Å². The van der Waals surface area contributed by atoms with Crippen molar-refractivity contribution in [2.45, 2.75) is 31.5 Å². The molecule has 1 heteroatoms. The average molecular weight is 303 g/mol. The summed E-state index contributed by atoms with van der Waals surface area (Å²) in [5.74, 6) is 0. The molecule has 0 spiro atoms. The van der Waals surface area contributed by atoms with Crippen molar-refractivity contribution >= 4 is 15.9 Å².